The predicted octanol–water partition coefficient (Wildman–Crippen LogP) is 3.86. The number of benzene rings is 1. The summed E-state index contributed by atoms with van der Waals surface area (Å²) in [4.78, 5) is 8.01. The summed E-state index contributed by atoms with van der Waals surface area (Å²) in [6.07, 6.45) is 3.19. The normalized spacial score (nSPS) is 11.0. The molecule has 0 aliphatic carbocycles. The number of aromatic hydroxyl groups is 1. The minimum absolute atomic E-state index is 0.0349. The molecule has 0 aliphatic rings. The van der Waals surface area contributed by atoms with Crippen molar-refractivity contribution in [3.63, 3.8) is 0 Å². The molecule has 0 bridgehead atoms. The smallest absolute Gasteiger partial charge is 0.332 e. The minimum Gasteiger partial charge on any atom is -0.478 e. The van der Waals surface area contributed by atoms with E-state index in [1.165, 1.54) is 0 Å². The van der Waals surface area contributed by atoms with Crippen LogP contribution in [0.25, 0.3) is 11.5 Å². The molecular weight excluding hydrogens is 256 g/mol. The second kappa shape index (κ2) is 5.31. The maximum absolute atomic E-state index is 9.67. The van der Waals surface area contributed by atoms with E-state index in [-0.39, 0.29) is 11.8 Å². The lowest BCUT2D eigenvalue weighted by Crippen LogP contribution is -1.74. The highest BCUT2D eigenvalue weighted by molar-refractivity contribution is 5.56. The van der Waals surface area contributed by atoms with Gasteiger partial charge in [0, 0.05) is 11.8 Å². The van der Waals surface area contributed by atoms with Crippen LogP contribution in [0.3, 0.4) is 0 Å². The molecule has 6 heteroatoms. The molecule has 0 saturated carbocycles. The van der Waals surface area contributed by atoms with Gasteiger partial charge in [-0.1, -0.05) is 18.2 Å². The molecule has 0 amide bonds. The Morgan fingerprint density at radius 3 is 2.60 bits per heavy atom. The van der Waals surface area contributed by atoms with Crippen molar-refractivity contribution in [2.24, 2.45) is 10.2 Å². The Morgan fingerprint density at radius 1 is 1.00 bits per heavy atom. The van der Waals surface area contributed by atoms with Crippen LogP contribution in [0.1, 0.15) is 0 Å². The second-order valence-corrected chi connectivity index (χ2v) is 3.93. The number of pyridine rings is 1. The summed E-state index contributed by atoms with van der Waals surface area (Å²) >= 11 is 0. The highest BCUT2D eigenvalue weighted by Gasteiger charge is 2.13. The fourth-order valence-electron chi connectivity index (χ4n) is 1.59. The van der Waals surface area contributed by atoms with Crippen molar-refractivity contribution in [2.45, 2.75) is 0 Å². The second-order valence-electron chi connectivity index (χ2n) is 3.93. The van der Waals surface area contributed by atoms with E-state index in [1.54, 1.807) is 24.5 Å². The van der Waals surface area contributed by atoms with Gasteiger partial charge in [-0.25, -0.2) is 0 Å². The SMILES string of the molecule is Oc1oc(-c2ccccc2)nc1N=Nc1cccnc1. The van der Waals surface area contributed by atoms with Crippen molar-refractivity contribution in [1.82, 2.24) is 9.97 Å². The van der Waals surface area contributed by atoms with Gasteiger partial charge in [0.05, 0.1) is 6.20 Å². The number of hydrogen-bond acceptors (Lipinski definition) is 6. The summed E-state index contributed by atoms with van der Waals surface area (Å²) in [5, 5.41) is 17.4. The van der Waals surface area contributed by atoms with Crippen LogP contribution in [0.4, 0.5) is 11.5 Å². The molecule has 0 radical (unpaired) electrons. The molecule has 20 heavy (non-hydrogen) atoms. The molecule has 2 heterocycles. The zero-order valence-corrected chi connectivity index (χ0v) is 10.3. The van der Waals surface area contributed by atoms with Gasteiger partial charge >= 0.3 is 5.95 Å². The third-order valence-corrected chi connectivity index (χ3v) is 2.52. The van der Waals surface area contributed by atoms with Crippen molar-refractivity contribution in [1.29, 1.82) is 0 Å². The first-order valence-corrected chi connectivity index (χ1v) is 5.90. The number of aromatic nitrogens is 2. The van der Waals surface area contributed by atoms with Gasteiger partial charge in [0.25, 0.3) is 5.82 Å². The van der Waals surface area contributed by atoms with Crippen molar-refractivity contribution in [3.05, 3.63) is 54.9 Å². The summed E-state index contributed by atoms with van der Waals surface area (Å²) in [5.74, 6) is -0.0348. The number of azo groups is 1. The molecule has 0 spiro atoms. The molecule has 0 unspecified atom stereocenters. The summed E-state index contributed by atoms with van der Waals surface area (Å²) in [5.41, 5.74) is 1.32. The fourth-order valence-corrected chi connectivity index (χ4v) is 1.59. The molecule has 3 aromatic rings. The monoisotopic (exact) mass is 266 g/mol. The maximum atomic E-state index is 9.67. The Labute approximate surface area is 114 Å². The largest absolute Gasteiger partial charge is 0.478 e. The van der Waals surface area contributed by atoms with Crippen LogP contribution in [0.2, 0.25) is 0 Å². The summed E-state index contributed by atoms with van der Waals surface area (Å²) in [6, 6.07) is 12.7. The maximum Gasteiger partial charge on any atom is 0.332 e. The zero-order valence-electron chi connectivity index (χ0n) is 10.3. The van der Waals surface area contributed by atoms with Crippen LogP contribution in [-0.4, -0.2) is 15.1 Å². The Hall–Kier alpha value is -3.02. The number of oxazole rings is 1. The third kappa shape index (κ3) is 2.54. The van der Waals surface area contributed by atoms with E-state index in [9.17, 15) is 5.11 Å². The molecule has 0 fully saturated rings. The summed E-state index contributed by atoms with van der Waals surface area (Å²) < 4.78 is 5.16. The van der Waals surface area contributed by atoms with Crippen LogP contribution < -0.4 is 0 Å². The summed E-state index contributed by atoms with van der Waals surface area (Å²) in [7, 11) is 0. The lowest BCUT2D eigenvalue weighted by Gasteiger charge is -1.91. The molecule has 6 nitrogen and oxygen atoms in total. The molecule has 98 valence electrons. The molecule has 3 rings (SSSR count). The standard InChI is InChI=1S/C14H10N4O2/c19-14-12(18-17-11-7-4-8-15-9-11)16-13(20-14)10-5-2-1-3-6-10/h1-9,19H. The van der Waals surface area contributed by atoms with E-state index < -0.39 is 0 Å². The average molecular weight is 266 g/mol. The van der Waals surface area contributed by atoms with Gasteiger partial charge < -0.3 is 9.52 Å². The van der Waals surface area contributed by atoms with E-state index in [0.717, 1.165) is 5.56 Å². The first kappa shape index (κ1) is 12.0. The van der Waals surface area contributed by atoms with Gasteiger partial charge in [-0.15, -0.1) is 10.2 Å². The lowest BCUT2D eigenvalue weighted by atomic mass is 10.2. The van der Waals surface area contributed by atoms with Crippen molar-refractivity contribution < 1.29 is 9.52 Å². The molecule has 0 aliphatic heterocycles. The first-order valence-electron chi connectivity index (χ1n) is 5.90. The van der Waals surface area contributed by atoms with Crippen LogP contribution in [-0.2, 0) is 0 Å². The number of nitrogens with zero attached hydrogens (tertiary/aromatic N) is 4. The van der Waals surface area contributed by atoms with Crippen LogP contribution in [0.5, 0.6) is 5.95 Å². The number of rotatable bonds is 3. The van der Waals surface area contributed by atoms with E-state index in [4.69, 9.17) is 4.42 Å². The van der Waals surface area contributed by atoms with Gasteiger partial charge in [-0.05, 0) is 24.3 Å². The van der Waals surface area contributed by atoms with E-state index >= 15 is 0 Å². The van der Waals surface area contributed by atoms with E-state index in [2.05, 4.69) is 20.2 Å². The first-order chi connectivity index (χ1) is 9.83. The molecule has 1 N–H and O–H groups in total. The molecule has 0 saturated heterocycles. The Bertz CT molecular complexity index is 723. The highest BCUT2D eigenvalue weighted by Crippen LogP contribution is 2.32. The predicted molar refractivity (Wildman–Crippen MR) is 72.0 cm³/mol. The van der Waals surface area contributed by atoms with Gasteiger partial charge in [0.2, 0.25) is 5.89 Å². The van der Waals surface area contributed by atoms with Crippen LogP contribution >= 0.6 is 0 Å². The molecule has 1 aromatic carbocycles. The Kier molecular flexibility index (Phi) is 3.20. The summed E-state index contributed by atoms with van der Waals surface area (Å²) in [6.45, 7) is 0. The van der Waals surface area contributed by atoms with Crippen LogP contribution in [0.15, 0.2) is 69.5 Å². The molecule has 0 atom stereocenters. The number of hydrogen-bond donors (Lipinski definition) is 1. The molecular formula is C14H10N4O2. The fraction of sp³-hybridized carbons (Fsp3) is 0. The minimum atomic E-state index is -0.364. The van der Waals surface area contributed by atoms with Gasteiger partial charge in [0.15, 0.2) is 0 Å². The van der Waals surface area contributed by atoms with Gasteiger partial charge in [-0.2, -0.15) is 4.98 Å². The van der Waals surface area contributed by atoms with Gasteiger partial charge in [-0.3, -0.25) is 4.98 Å². The van der Waals surface area contributed by atoms with Gasteiger partial charge in [0.1, 0.15) is 5.69 Å². The van der Waals surface area contributed by atoms with Crippen molar-refractivity contribution >= 4 is 11.5 Å². The molecule has 2 aromatic heterocycles. The third-order valence-electron chi connectivity index (χ3n) is 2.52. The quantitative estimate of drug-likeness (QED) is 0.729. The van der Waals surface area contributed by atoms with Crippen molar-refractivity contribution in [3.8, 4) is 17.4 Å². The van der Waals surface area contributed by atoms with Crippen LogP contribution in [0, 0.1) is 0 Å². The Morgan fingerprint density at radius 2 is 1.85 bits per heavy atom. The highest BCUT2D eigenvalue weighted by atomic mass is 16.5. The van der Waals surface area contributed by atoms with Crippen molar-refractivity contribution in [2.75, 3.05) is 0 Å². The average Bonchev–Trinajstić information content (AvgIpc) is 2.88. The Balaban J connectivity index is 1.89. The van der Waals surface area contributed by atoms with E-state index in [0.29, 0.717) is 11.6 Å². The zero-order chi connectivity index (χ0) is 13.8. The lowest BCUT2D eigenvalue weighted by molar-refractivity contribution is 0.338. The van der Waals surface area contributed by atoms with E-state index in [1.807, 2.05) is 30.3 Å². The topological polar surface area (TPSA) is 83.9 Å².